The minimum absolute atomic E-state index is 0.105. The number of nitrogens with zero attached hydrogens (tertiary/aromatic N) is 3. The molecule has 0 saturated heterocycles. The number of pyridine rings is 1. The number of halogens is 6. The van der Waals surface area contributed by atoms with Crippen LogP contribution in [-0.2, 0) is 24.5 Å². The van der Waals surface area contributed by atoms with Gasteiger partial charge in [-0.05, 0) is 42.2 Å². The summed E-state index contributed by atoms with van der Waals surface area (Å²) in [7, 11) is 1.23. The van der Waals surface area contributed by atoms with Crippen LogP contribution in [0.25, 0.3) is 22.2 Å². The van der Waals surface area contributed by atoms with E-state index in [4.69, 9.17) is 0 Å². The molecule has 0 aliphatic heterocycles. The van der Waals surface area contributed by atoms with Gasteiger partial charge in [0, 0.05) is 25.7 Å². The lowest BCUT2D eigenvalue weighted by Crippen LogP contribution is -2.26. The Labute approximate surface area is 171 Å². The van der Waals surface area contributed by atoms with Crippen LogP contribution >= 0.6 is 0 Å². The Bertz CT molecular complexity index is 1190. The van der Waals surface area contributed by atoms with Crippen LogP contribution in [-0.4, -0.2) is 27.1 Å². The molecule has 1 fully saturated rings. The SMILES string of the molecule is Cn1cc(-c2ccc3nc(C4CC4)n(CCOC(F)(F)F)c3c2)cc(C(F)(F)F)c1=O. The van der Waals surface area contributed by atoms with E-state index in [1.807, 2.05) is 0 Å². The Balaban J connectivity index is 1.78. The van der Waals surface area contributed by atoms with Crippen LogP contribution in [0.5, 0.6) is 0 Å². The summed E-state index contributed by atoms with van der Waals surface area (Å²) < 4.78 is 83.3. The molecule has 3 aromatic rings. The van der Waals surface area contributed by atoms with E-state index in [2.05, 4.69) is 9.72 Å². The van der Waals surface area contributed by atoms with Crippen LogP contribution in [0, 0.1) is 0 Å². The van der Waals surface area contributed by atoms with Crippen molar-refractivity contribution in [2.45, 2.75) is 37.8 Å². The number of benzene rings is 1. The molecule has 0 spiro atoms. The Morgan fingerprint density at radius 1 is 1.10 bits per heavy atom. The van der Waals surface area contributed by atoms with Crippen molar-refractivity contribution in [1.29, 1.82) is 0 Å². The number of rotatable bonds is 5. The van der Waals surface area contributed by atoms with Crippen molar-refractivity contribution in [1.82, 2.24) is 14.1 Å². The molecule has 0 N–H and O–H groups in total. The second-order valence-electron chi connectivity index (χ2n) is 7.45. The Hall–Kier alpha value is -2.82. The van der Waals surface area contributed by atoms with Gasteiger partial charge in [0.05, 0.1) is 17.6 Å². The second-order valence-corrected chi connectivity index (χ2v) is 7.45. The standard InChI is InChI=1S/C20H17F6N3O2/c1-28-10-13(8-14(18(28)30)19(21,22)23)12-4-5-15-16(9-12)29(6-7-31-20(24,25)26)17(27-15)11-2-3-11/h4-5,8-11H,2-3,6-7H2,1H3. The summed E-state index contributed by atoms with van der Waals surface area (Å²) >= 11 is 0. The molecule has 2 heterocycles. The van der Waals surface area contributed by atoms with Crippen LogP contribution in [0.4, 0.5) is 26.3 Å². The first kappa shape index (κ1) is 21.4. The van der Waals surface area contributed by atoms with Gasteiger partial charge >= 0.3 is 12.5 Å². The van der Waals surface area contributed by atoms with Gasteiger partial charge in [-0.25, -0.2) is 4.98 Å². The summed E-state index contributed by atoms with van der Waals surface area (Å²) in [4.78, 5) is 16.4. The molecular formula is C20H17F6N3O2. The normalized spacial score (nSPS) is 15.1. The summed E-state index contributed by atoms with van der Waals surface area (Å²) in [5.74, 6) is 0.769. The number of fused-ring (bicyclic) bond motifs is 1. The predicted octanol–water partition coefficient (Wildman–Crippen LogP) is 4.83. The maximum Gasteiger partial charge on any atom is 0.522 e. The van der Waals surface area contributed by atoms with Gasteiger partial charge in [-0.3, -0.25) is 9.53 Å². The fraction of sp³-hybridized carbons (Fsp3) is 0.400. The number of hydrogen-bond acceptors (Lipinski definition) is 3. The maximum atomic E-state index is 13.2. The van der Waals surface area contributed by atoms with Crippen LogP contribution in [0.15, 0.2) is 35.3 Å². The molecule has 1 aliphatic rings. The molecule has 11 heteroatoms. The van der Waals surface area contributed by atoms with Crippen molar-refractivity contribution in [3.63, 3.8) is 0 Å². The van der Waals surface area contributed by atoms with Crippen LogP contribution in [0.1, 0.15) is 30.1 Å². The molecular weight excluding hydrogens is 428 g/mol. The highest BCUT2D eigenvalue weighted by atomic mass is 19.4. The summed E-state index contributed by atoms with van der Waals surface area (Å²) in [5.41, 5.74) is -0.899. The van der Waals surface area contributed by atoms with Crippen LogP contribution in [0.2, 0.25) is 0 Å². The molecule has 0 unspecified atom stereocenters. The molecule has 0 bridgehead atoms. The van der Waals surface area contributed by atoms with Gasteiger partial charge < -0.3 is 9.13 Å². The molecule has 0 atom stereocenters. The second kappa shape index (κ2) is 7.40. The number of alkyl halides is 6. The van der Waals surface area contributed by atoms with Gasteiger partial charge in [0.2, 0.25) is 0 Å². The summed E-state index contributed by atoms with van der Waals surface area (Å²) in [5, 5.41) is 0. The smallest absolute Gasteiger partial charge is 0.325 e. The third kappa shape index (κ3) is 4.46. The highest BCUT2D eigenvalue weighted by Gasteiger charge is 2.35. The van der Waals surface area contributed by atoms with Gasteiger partial charge in [-0.2, -0.15) is 13.2 Å². The van der Waals surface area contributed by atoms with Gasteiger partial charge in [0.15, 0.2) is 0 Å². The lowest BCUT2D eigenvalue weighted by Gasteiger charge is -2.13. The topological polar surface area (TPSA) is 49.0 Å². The summed E-state index contributed by atoms with van der Waals surface area (Å²) in [6, 6.07) is 5.53. The minimum Gasteiger partial charge on any atom is -0.325 e. The molecule has 5 nitrogen and oxygen atoms in total. The van der Waals surface area contributed by atoms with E-state index in [-0.39, 0.29) is 18.0 Å². The van der Waals surface area contributed by atoms with Gasteiger partial charge in [0.1, 0.15) is 11.4 Å². The van der Waals surface area contributed by atoms with E-state index < -0.39 is 30.3 Å². The van der Waals surface area contributed by atoms with E-state index in [1.54, 1.807) is 22.8 Å². The lowest BCUT2D eigenvalue weighted by molar-refractivity contribution is -0.325. The van der Waals surface area contributed by atoms with Crippen molar-refractivity contribution in [2.75, 3.05) is 6.61 Å². The van der Waals surface area contributed by atoms with Crippen molar-refractivity contribution in [2.24, 2.45) is 7.05 Å². The Kier molecular flexibility index (Phi) is 5.11. The monoisotopic (exact) mass is 445 g/mol. The Morgan fingerprint density at radius 2 is 1.81 bits per heavy atom. The molecule has 2 aromatic heterocycles. The first-order valence-corrected chi connectivity index (χ1v) is 9.43. The first-order chi connectivity index (χ1) is 14.4. The van der Waals surface area contributed by atoms with Crippen molar-refractivity contribution < 1.29 is 31.1 Å². The molecule has 1 aromatic carbocycles. The summed E-state index contributed by atoms with van der Waals surface area (Å²) in [6.07, 6.45) is -6.55. The number of aryl methyl sites for hydroxylation is 1. The van der Waals surface area contributed by atoms with Crippen molar-refractivity contribution in [3.05, 3.63) is 52.2 Å². The predicted molar refractivity (Wildman–Crippen MR) is 99.4 cm³/mol. The largest absolute Gasteiger partial charge is 0.522 e. The molecule has 0 amide bonds. The Morgan fingerprint density at radius 3 is 2.42 bits per heavy atom. The van der Waals surface area contributed by atoms with Crippen LogP contribution in [0.3, 0.4) is 0 Å². The molecule has 4 rings (SSSR count). The van der Waals surface area contributed by atoms with E-state index in [0.717, 1.165) is 23.5 Å². The molecule has 166 valence electrons. The zero-order valence-electron chi connectivity index (χ0n) is 16.2. The van der Waals surface area contributed by atoms with Gasteiger partial charge in [-0.1, -0.05) is 6.07 Å². The highest BCUT2D eigenvalue weighted by Crippen LogP contribution is 2.41. The van der Waals surface area contributed by atoms with E-state index >= 15 is 0 Å². The lowest BCUT2D eigenvalue weighted by atomic mass is 10.0. The number of ether oxygens (including phenoxy) is 1. The molecule has 1 aliphatic carbocycles. The third-order valence-corrected chi connectivity index (χ3v) is 5.12. The number of imidazole rings is 1. The molecule has 0 radical (unpaired) electrons. The fourth-order valence-electron chi connectivity index (χ4n) is 3.53. The zero-order valence-corrected chi connectivity index (χ0v) is 16.2. The summed E-state index contributed by atoms with van der Waals surface area (Å²) in [6.45, 7) is -0.719. The highest BCUT2D eigenvalue weighted by molar-refractivity contribution is 5.83. The maximum absolute atomic E-state index is 13.2. The van der Waals surface area contributed by atoms with Gasteiger partial charge in [0.25, 0.3) is 5.56 Å². The molecule has 31 heavy (non-hydrogen) atoms. The van der Waals surface area contributed by atoms with E-state index in [9.17, 15) is 31.1 Å². The average Bonchev–Trinajstić information content (AvgIpc) is 3.44. The quantitative estimate of drug-likeness (QED) is 0.529. The fourth-order valence-corrected chi connectivity index (χ4v) is 3.53. The molecule has 1 saturated carbocycles. The zero-order chi connectivity index (χ0) is 22.6. The first-order valence-electron chi connectivity index (χ1n) is 9.43. The van der Waals surface area contributed by atoms with Crippen LogP contribution < -0.4 is 5.56 Å². The number of aromatic nitrogens is 3. The number of hydrogen-bond donors (Lipinski definition) is 0. The van der Waals surface area contributed by atoms with E-state index in [1.165, 1.54) is 13.2 Å². The minimum atomic E-state index is -4.81. The van der Waals surface area contributed by atoms with E-state index in [0.29, 0.717) is 22.4 Å². The van der Waals surface area contributed by atoms with Gasteiger partial charge in [-0.15, -0.1) is 13.2 Å². The third-order valence-electron chi connectivity index (χ3n) is 5.12. The average molecular weight is 445 g/mol. The van der Waals surface area contributed by atoms with Crippen molar-refractivity contribution in [3.8, 4) is 11.1 Å². The van der Waals surface area contributed by atoms with Crippen molar-refractivity contribution >= 4 is 11.0 Å².